The molecule has 0 bridgehead atoms. The van der Waals surface area contributed by atoms with Crippen LogP contribution in [-0.2, 0) is 11.2 Å². The second-order valence-corrected chi connectivity index (χ2v) is 6.91. The first kappa shape index (κ1) is 19.4. The number of rotatable bonds is 6. The van der Waals surface area contributed by atoms with Crippen molar-refractivity contribution in [2.45, 2.75) is 12.5 Å². The Balaban J connectivity index is 1.62. The number of nitrogens with zero attached hydrogens (tertiary/aromatic N) is 1. The molecule has 4 rings (SSSR count). The lowest BCUT2D eigenvalue weighted by Crippen LogP contribution is -2.31. The van der Waals surface area contributed by atoms with Gasteiger partial charge >= 0.3 is 0 Å². The van der Waals surface area contributed by atoms with Gasteiger partial charge in [0.2, 0.25) is 5.91 Å². The number of methoxy groups -OCH3 is 1. The fourth-order valence-corrected chi connectivity index (χ4v) is 3.47. The Morgan fingerprint density at radius 3 is 2.27 bits per heavy atom. The van der Waals surface area contributed by atoms with E-state index in [9.17, 15) is 9.59 Å². The molecule has 6 nitrogen and oxygen atoms in total. The molecule has 0 radical (unpaired) electrons. The minimum atomic E-state index is -0.321. The third kappa shape index (κ3) is 4.07. The van der Waals surface area contributed by atoms with Gasteiger partial charge in [-0.3, -0.25) is 9.59 Å². The van der Waals surface area contributed by atoms with Crippen molar-refractivity contribution in [3.05, 3.63) is 106 Å². The van der Waals surface area contributed by atoms with Crippen LogP contribution in [0.2, 0.25) is 0 Å². The Morgan fingerprint density at radius 2 is 1.57 bits per heavy atom. The Kier molecular flexibility index (Phi) is 5.57. The highest BCUT2D eigenvalue weighted by molar-refractivity contribution is 5.88. The molecular formula is C24H21N3O3. The zero-order valence-electron chi connectivity index (χ0n) is 16.5. The van der Waals surface area contributed by atoms with E-state index in [2.05, 4.69) is 15.5 Å². The highest BCUT2D eigenvalue weighted by Gasteiger charge is 2.18. The Hall–Kier alpha value is -3.93. The van der Waals surface area contributed by atoms with Gasteiger partial charge in [0.25, 0.3) is 5.56 Å². The largest absolute Gasteiger partial charge is 0.497 e. The second kappa shape index (κ2) is 8.61. The Morgan fingerprint density at radius 1 is 0.933 bits per heavy atom. The lowest BCUT2D eigenvalue weighted by atomic mass is 9.98. The number of hydrogen-bond acceptors (Lipinski definition) is 4. The van der Waals surface area contributed by atoms with Crippen molar-refractivity contribution >= 4 is 16.7 Å². The van der Waals surface area contributed by atoms with E-state index in [1.165, 1.54) is 0 Å². The number of benzene rings is 3. The van der Waals surface area contributed by atoms with E-state index in [4.69, 9.17) is 4.74 Å². The smallest absolute Gasteiger partial charge is 0.272 e. The molecule has 1 heterocycles. The van der Waals surface area contributed by atoms with Gasteiger partial charge in [0.15, 0.2) is 0 Å². The van der Waals surface area contributed by atoms with E-state index in [0.717, 1.165) is 16.9 Å². The molecule has 1 atom stereocenters. The van der Waals surface area contributed by atoms with Gasteiger partial charge in [0.1, 0.15) is 5.75 Å². The van der Waals surface area contributed by atoms with Gasteiger partial charge in [-0.2, -0.15) is 5.10 Å². The van der Waals surface area contributed by atoms with Crippen molar-refractivity contribution < 1.29 is 9.53 Å². The lowest BCUT2D eigenvalue weighted by molar-refractivity contribution is -0.121. The fraction of sp³-hybridized carbons (Fsp3) is 0.125. The molecule has 0 saturated carbocycles. The zero-order valence-corrected chi connectivity index (χ0v) is 16.5. The molecule has 4 aromatic rings. The summed E-state index contributed by atoms with van der Waals surface area (Å²) in [4.78, 5) is 24.9. The number of hydrogen-bond donors (Lipinski definition) is 2. The summed E-state index contributed by atoms with van der Waals surface area (Å²) in [5, 5.41) is 10.9. The molecule has 0 fully saturated rings. The summed E-state index contributed by atoms with van der Waals surface area (Å²) in [6.45, 7) is 0. The van der Waals surface area contributed by atoms with E-state index in [1.807, 2.05) is 60.7 Å². The summed E-state index contributed by atoms with van der Waals surface area (Å²) < 4.78 is 5.24. The number of amides is 1. The summed E-state index contributed by atoms with van der Waals surface area (Å²) in [5.41, 5.74) is 2.17. The van der Waals surface area contributed by atoms with Gasteiger partial charge < -0.3 is 10.1 Å². The maximum absolute atomic E-state index is 13.0. The molecule has 150 valence electrons. The molecule has 0 saturated heterocycles. The second-order valence-electron chi connectivity index (χ2n) is 6.91. The minimum absolute atomic E-state index is 0.0524. The summed E-state index contributed by atoms with van der Waals surface area (Å²) in [6, 6.07) is 24.2. The van der Waals surface area contributed by atoms with E-state index >= 15 is 0 Å². The molecule has 2 N–H and O–H groups in total. The highest BCUT2D eigenvalue weighted by Crippen LogP contribution is 2.24. The van der Waals surface area contributed by atoms with Crippen LogP contribution in [0.3, 0.4) is 0 Å². The average Bonchev–Trinajstić information content (AvgIpc) is 2.80. The van der Waals surface area contributed by atoms with Crippen LogP contribution in [0.1, 0.15) is 22.9 Å². The lowest BCUT2D eigenvalue weighted by Gasteiger charge is -2.20. The monoisotopic (exact) mass is 399 g/mol. The number of aromatic amines is 1. The van der Waals surface area contributed by atoms with Crippen molar-refractivity contribution in [1.82, 2.24) is 15.5 Å². The van der Waals surface area contributed by atoms with E-state index in [1.54, 1.807) is 25.3 Å². The molecule has 0 aliphatic heterocycles. The van der Waals surface area contributed by atoms with Crippen LogP contribution in [0.5, 0.6) is 5.75 Å². The van der Waals surface area contributed by atoms with Crippen molar-refractivity contribution in [3.8, 4) is 5.75 Å². The number of fused-ring (bicyclic) bond motifs is 1. The molecule has 1 aromatic heterocycles. The van der Waals surface area contributed by atoms with Crippen LogP contribution < -0.4 is 15.6 Å². The highest BCUT2D eigenvalue weighted by atomic mass is 16.5. The van der Waals surface area contributed by atoms with Crippen LogP contribution in [0.15, 0.2) is 83.7 Å². The van der Waals surface area contributed by atoms with Crippen LogP contribution in [0, 0.1) is 0 Å². The maximum atomic E-state index is 13.0. The molecular weight excluding hydrogens is 378 g/mol. The number of aromatic nitrogens is 2. The third-order valence-electron chi connectivity index (χ3n) is 4.99. The number of nitrogens with one attached hydrogen (secondary N) is 2. The predicted octanol–water partition coefficient (Wildman–Crippen LogP) is 3.38. The third-order valence-corrected chi connectivity index (χ3v) is 4.99. The molecule has 30 heavy (non-hydrogen) atoms. The molecule has 3 aromatic carbocycles. The van der Waals surface area contributed by atoms with Gasteiger partial charge in [-0.15, -0.1) is 0 Å². The summed E-state index contributed by atoms with van der Waals surface area (Å²) in [6.07, 6.45) is 0.0524. The van der Waals surface area contributed by atoms with E-state index in [-0.39, 0.29) is 23.9 Å². The Bertz CT molecular complexity index is 1220. The average molecular weight is 399 g/mol. The standard InChI is InChI=1S/C24H21N3O3/c1-30-18-13-11-17(12-14-18)23(16-7-3-2-4-8-16)25-22(28)15-21-19-9-5-6-10-20(19)24(29)27-26-21/h2-14,23H,15H2,1H3,(H,25,28)(H,27,29)/t23-/m1/s1. The number of ether oxygens (including phenoxy) is 1. The number of H-pyrrole nitrogens is 1. The molecule has 6 heteroatoms. The van der Waals surface area contributed by atoms with Crippen molar-refractivity contribution in [1.29, 1.82) is 0 Å². The molecule has 1 amide bonds. The van der Waals surface area contributed by atoms with Gasteiger partial charge in [-0.1, -0.05) is 60.7 Å². The van der Waals surface area contributed by atoms with Crippen molar-refractivity contribution in [2.24, 2.45) is 0 Å². The predicted molar refractivity (Wildman–Crippen MR) is 115 cm³/mol. The molecule has 0 aliphatic rings. The number of carbonyl (C=O) groups is 1. The summed E-state index contributed by atoms with van der Waals surface area (Å²) in [7, 11) is 1.62. The molecule has 0 spiro atoms. The first-order chi connectivity index (χ1) is 14.7. The topological polar surface area (TPSA) is 84.1 Å². The first-order valence-electron chi connectivity index (χ1n) is 9.60. The fourth-order valence-electron chi connectivity index (χ4n) is 3.47. The van der Waals surface area contributed by atoms with Crippen LogP contribution in [0.4, 0.5) is 0 Å². The van der Waals surface area contributed by atoms with E-state index < -0.39 is 0 Å². The van der Waals surface area contributed by atoms with Crippen LogP contribution in [-0.4, -0.2) is 23.2 Å². The molecule has 0 aliphatic carbocycles. The van der Waals surface area contributed by atoms with Crippen LogP contribution in [0.25, 0.3) is 10.8 Å². The van der Waals surface area contributed by atoms with Crippen molar-refractivity contribution in [2.75, 3.05) is 7.11 Å². The van der Waals surface area contributed by atoms with Gasteiger partial charge in [-0.05, 0) is 29.3 Å². The maximum Gasteiger partial charge on any atom is 0.272 e. The summed E-state index contributed by atoms with van der Waals surface area (Å²) >= 11 is 0. The molecule has 0 unspecified atom stereocenters. The summed E-state index contributed by atoms with van der Waals surface area (Å²) in [5.74, 6) is 0.560. The SMILES string of the molecule is COc1ccc([C@H](NC(=O)Cc2n[nH]c(=O)c3ccccc23)c2ccccc2)cc1. The zero-order chi connectivity index (χ0) is 20.9. The normalized spacial score (nSPS) is 11.8. The quantitative estimate of drug-likeness (QED) is 0.521. The van der Waals surface area contributed by atoms with Gasteiger partial charge in [-0.25, -0.2) is 5.10 Å². The van der Waals surface area contributed by atoms with Gasteiger partial charge in [0.05, 0.1) is 30.7 Å². The number of carbonyl (C=O) groups excluding carboxylic acids is 1. The van der Waals surface area contributed by atoms with Crippen LogP contribution >= 0.6 is 0 Å². The van der Waals surface area contributed by atoms with E-state index in [0.29, 0.717) is 16.5 Å². The Labute approximate surface area is 173 Å². The minimum Gasteiger partial charge on any atom is -0.497 e. The first-order valence-corrected chi connectivity index (χ1v) is 9.60. The van der Waals surface area contributed by atoms with Crippen molar-refractivity contribution in [3.63, 3.8) is 0 Å². The van der Waals surface area contributed by atoms with Gasteiger partial charge in [0, 0.05) is 5.39 Å².